The van der Waals surface area contributed by atoms with E-state index in [0.717, 1.165) is 34.4 Å². The van der Waals surface area contributed by atoms with E-state index < -0.39 is 17.4 Å². The molecule has 0 bridgehead atoms. The van der Waals surface area contributed by atoms with Gasteiger partial charge < -0.3 is 10.1 Å². The summed E-state index contributed by atoms with van der Waals surface area (Å²) in [6, 6.07) is 1.96. The summed E-state index contributed by atoms with van der Waals surface area (Å²) in [5, 5.41) is 17.0. The molecule has 0 aromatic carbocycles. The Kier molecular flexibility index (Phi) is 6.91. The number of ether oxygens (including phenoxy) is 1. The zero-order valence-corrected chi connectivity index (χ0v) is 19.0. The summed E-state index contributed by atoms with van der Waals surface area (Å²) >= 11 is 1.38. The molecule has 0 spiro atoms. The Morgan fingerprint density at radius 1 is 1.35 bits per heavy atom. The molecule has 1 unspecified atom stereocenters. The summed E-state index contributed by atoms with van der Waals surface area (Å²) in [6.07, 6.45) is 3.65. The molecule has 3 rings (SSSR count). The van der Waals surface area contributed by atoms with Crippen molar-refractivity contribution in [2.45, 2.75) is 59.4 Å². The van der Waals surface area contributed by atoms with Gasteiger partial charge in [0.25, 0.3) is 5.56 Å². The summed E-state index contributed by atoms with van der Waals surface area (Å²) in [5.74, 6) is -0.455. The van der Waals surface area contributed by atoms with E-state index in [4.69, 9.17) is 4.74 Å². The predicted octanol–water partition coefficient (Wildman–Crippen LogP) is 2.85. The Morgan fingerprint density at radius 3 is 2.71 bits per heavy atom. The van der Waals surface area contributed by atoms with Gasteiger partial charge in [-0.15, -0.1) is 11.3 Å². The first kappa shape index (κ1) is 22.7. The number of thiophene rings is 1. The van der Waals surface area contributed by atoms with Gasteiger partial charge in [0.05, 0.1) is 18.4 Å². The van der Waals surface area contributed by atoms with Crippen molar-refractivity contribution in [3.8, 4) is 6.07 Å². The number of methoxy groups -OCH3 is 1. The second-order valence-electron chi connectivity index (χ2n) is 7.68. The Bertz CT molecular complexity index is 1130. The molecule has 1 atom stereocenters. The molecule has 2 aromatic rings. The van der Waals surface area contributed by atoms with E-state index in [9.17, 15) is 19.6 Å². The summed E-state index contributed by atoms with van der Waals surface area (Å²) in [4.78, 5) is 39.0. The largest absolute Gasteiger partial charge is 0.465 e. The normalized spacial score (nSPS) is 15.1. The van der Waals surface area contributed by atoms with Crippen LogP contribution < -0.4 is 10.9 Å². The van der Waals surface area contributed by atoms with E-state index in [2.05, 4.69) is 17.3 Å². The molecule has 1 amide bonds. The van der Waals surface area contributed by atoms with Crippen LogP contribution in [0.2, 0.25) is 0 Å². The number of fused-ring (bicyclic) bond motifs is 1. The van der Waals surface area contributed by atoms with Crippen molar-refractivity contribution >= 4 is 28.2 Å². The molecule has 0 aliphatic heterocycles. The minimum absolute atomic E-state index is 0.0259. The average molecular weight is 443 g/mol. The number of nitrogens with zero attached hydrogens (tertiary/aromatic N) is 3. The van der Waals surface area contributed by atoms with Crippen LogP contribution in [0.5, 0.6) is 0 Å². The van der Waals surface area contributed by atoms with E-state index in [1.165, 1.54) is 18.4 Å². The number of nitriles is 1. The van der Waals surface area contributed by atoms with E-state index in [0.29, 0.717) is 40.6 Å². The SMILES string of the molecule is CCc1nn(CC(=O)Nc2sc3c(c2C(=O)OC)CCC(C)C3)c(=O)c(C#N)c1CC. The Labute approximate surface area is 184 Å². The molecule has 1 aliphatic rings. The fourth-order valence-electron chi connectivity index (χ4n) is 4.00. The van der Waals surface area contributed by atoms with Gasteiger partial charge in [-0.3, -0.25) is 9.59 Å². The van der Waals surface area contributed by atoms with Gasteiger partial charge in [0, 0.05) is 4.88 Å². The van der Waals surface area contributed by atoms with Crippen molar-refractivity contribution in [3.63, 3.8) is 0 Å². The highest BCUT2D eigenvalue weighted by Gasteiger charge is 2.29. The molecule has 1 aliphatic carbocycles. The van der Waals surface area contributed by atoms with Crippen LogP contribution >= 0.6 is 11.3 Å². The Morgan fingerprint density at radius 2 is 2.10 bits per heavy atom. The number of carbonyl (C=O) groups is 2. The van der Waals surface area contributed by atoms with Crippen LogP contribution in [0, 0.1) is 17.2 Å². The number of aryl methyl sites for hydroxylation is 1. The molecular weight excluding hydrogens is 416 g/mol. The maximum atomic E-state index is 12.8. The van der Waals surface area contributed by atoms with Gasteiger partial charge in [-0.1, -0.05) is 20.8 Å². The second kappa shape index (κ2) is 9.43. The van der Waals surface area contributed by atoms with Crippen molar-refractivity contribution < 1.29 is 14.3 Å². The van der Waals surface area contributed by atoms with Crippen LogP contribution in [0.25, 0.3) is 0 Å². The molecular formula is C22H26N4O4S. The standard InChI is InChI=1S/C22H26N4O4S/c1-5-13-15(10-23)21(28)26(25-16(13)6-2)11-18(27)24-20-19(22(29)30-4)14-8-7-12(3)9-17(14)31-20/h12H,5-9,11H2,1-4H3,(H,24,27). The molecule has 9 heteroatoms. The molecule has 1 N–H and O–H groups in total. The van der Waals surface area contributed by atoms with Gasteiger partial charge in [-0.25, -0.2) is 9.48 Å². The summed E-state index contributed by atoms with van der Waals surface area (Å²) in [7, 11) is 1.32. The number of amides is 1. The maximum absolute atomic E-state index is 12.8. The first-order chi connectivity index (χ1) is 14.8. The number of hydrogen-bond acceptors (Lipinski definition) is 7. The molecule has 0 saturated heterocycles. The van der Waals surface area contributed by atoms with Crippen LogP contribution in [0.3, 0.4) is 0 Å². The highest BCUT2D eigenvalue weighted by molar-refractivity contribution is 7.17. The topological polar surface area (TPSA) is 114 Å². The van der Waals surface area contributed by atoms with Crippen LogP contribution in [0.15, 0.2) is 4.79 Å². The lowest BCUT2D eigenvalue weighted by atomic mass is 9.88. The molecule has 2 aromatic heterocycles. The van der Waals surface area contributed by atoms with Gasteiger partial charge in [0.1, 0.15) is 23.2 Å². The van der Waals surface area contributed by atoms with Crippen LogP contribution in [0.4, 0.5) is 5.00 Å². The number of nitrogens with one attached hydrogen (secondary N) is 1. The minimum Gasteiger partial charge on any atom is -0.465 e. The number of rotatable bonds is 6. The number of anilines is 1. The summed E-state index contributed by atoms with van der Waals surface area (Å²) in [5.41, 5.74) is 2.03. The van der Waals surface area contributed by atoms with E-state index in [-0.39, 0.29) is 12.1 Å². The summed E-state index contributed by atoms with van der Waals surface area (Å²) in [6.45, 7) is 5.57. The zero-order valence-electron chi connectivity index (χ0n) is 18.2. The van der Waals surface area contributed by atoms with Gasteiger partial charge >= 0.3 is 5.97 Å². The first-order valence-electron chi connectivity index (χ1n) is 10.4. The van der Waals surface area contributed by atoms with Crippen molar-refractivity contribution in [2.24, 2.45) is 5.92 Å². The first-order valence-corrected chi connectivity index (χ1v) is 11.2. The van der Waals surface area contributed by atoms with Crippen molar-refractivity contribution in [1.29, 1.82) is 5.26 Å². The fourth-order valence-corrected chi connectivity index (χ4v) is 5.42. The van der Waals surface area contributed by atoms with Gasteiger partial charge in [0.15, 0.2) is 0 Å². The Balaban J connectivity index is 1.93. The third-order valence-corrected chi connectivity index (χ3v) is 6.76. The van der Waals surface area contributed by atoms with E-state index >= 15 is 0 Å². The average Bonchev–Trinajstić information content (AvgIpc) is 3.10. The number of aromatic nitrogens is 2. The highest BCUT2D eigenvalue weighted by atomic mass is 32.1. The van der Waals surface area contributed by atoms with Crippen LogP contribution in [-0.4, -0.2) is 28.8 Å². The third-order valence-electron chi connectivity index (χ3n) is 5.59. The maximum Gasteiger partial charge on any atom is 0.341 e. The third kappa shape index (κ3) is 4.39. The lowest BCUT2D eigenvalue weighted by Gasteiger charge is -2.18. The molecule has 8 nitrogen and oxygen atoms in total. The smallest absolute Gasteiger partial charge is 0.341 e. The number of carbonyl (C=O) groups excluding carboxylic acids is 2. The molecule has 0 fully saturated rings. The monoisotopic (exact) mass is 442 g/mol. The second-order valence-corrected chi connectivity index (χ2v) is 8.78. The zero-order chi connectivity index (χ0) is 22.7. The van der Waals surface area contributed by atoms with Gasteiger partial charge in [-0.05, 0) is 49.1 Å². The predicted molar refractivity (Wildman–Crippen MR) is 117 cm³/mol. The van der Waals surface area contributed by atoms with E-state index in [1.54, 1.807) is 0 Å². The molecule has 31 heavy (non-hydrogen) atoms. The molecule has 0 saturated carbocycles. The van der Waals surface area contributed by atoms with Crippen molar-refractivity contribution in [2.75, 3.05) is 12.4 Å². The summed E-state index contributed by atoms with van der Waals surface area (Å²) < 4.78 is 5.97. The minimum atomic E-state index is -0.584. The van der Waals surface area contributed by atoms with E-state index in [1.807, 2.05) is 19.9 Å². The van der Waals surface area contributed by atoms with Gasteiger partial charge in [0.2, 0.25) is 5.91 Å². The van der Waals surface area contributed by atoms with Crippen molar-refractivity contribution in [1.82, 2.24) is 9.78 Å². The lowest BCUT2D eigenvalue weighted by molar-refractivity contribution is -0.117. The molecule has 0 radical (unpaired) electrons. The quantitative estimate of drug-likeness (QED) is 0.688. The molecule has 2 heterocycles. The number of esters is 1. The van der Waals surface area contributed by atoms with Crippen molar-refractivity contribution in [3.05, 3.63) is 43.2 Å². The fraction of sp³-hybridized carbons (Fsp3) is 0.500. The van der Waals surface area contributed by atoms with Crippen LogP contribution in [-0.2, 0) is 41.8 Å². The highest BCUT2D eigenvalue weighted by Crippen LogP contribution is 2.40. The number of hydrogen-bond donors (Lipinski definition) is 1. The molecule has 164 valence electrons. The Hall–Kier alpha value is -2.99. The van der Waals surface area contributed by atoms with Gasteiger partial charge in [-0.2, -0.15) is 10.4 Å². The van der Waals surface area contributed by atoms with Crippen LogP contribution in [0.1, 0.15) is 64.8 Å². The lowest BCUT2D eigenvalue weighted by Crippen LogP contribution is -2.33.